The summed E-state index contributed by atoms with van der Waals surface area (Å²) in [7, 11) is 0. The quantitative estimate of drug-likeness (QED) is 0.262. The van der Waals surface area contributed by atoms with Crippen LogP contribution >= 0.6 is 22.6 Å². The number of anilines is 1. The van der Waals surface area contributed by atoms with Crippen molar-refractivity contribution in [2.24, 2.45) is 10.9 Å². The number of hydrogen-bond donors (Lipinski definition) is 3. The van der Waals surface area contributed by atoms with Gasteiger partial charge in [-0.05, 0) is 47.2 Å². The summed E-state index contributed by atoms with van der Waals surface area (Å²) in [6, 6.07) is 6.00. The van der Waals surface area contributed by atoms with E-state index in [4.69, 9.17) is 10.9 Å². The monoisotopic (exact) mass is 305 g/mol. The Labute approximate surface area is 96.3 Å². The van der Waals surface area contributed by atoms with E-state index in [9.17, 15) is 0 Å². The molecular weight excluding hydrogens is 293 g/mol. The van der Waals surface area contributed by atoms with Crippen LogP contribution in [0.4, 0.5) is 5.69 Å². The highest BCUT2D eigenvalue weighted by atomic mass is 127. The van der Waals surface area contributed by atoms with Crippen molar-refractivity contribution < 1.29 is 5.21 Å². The molecule has 0 aliphatic rings. The third kappa shape index (κ3) is 3.06. The summed E-state index contributed by atoms with van der Waals surface area (Å²) >= 11 is 2.27. The Kier molecular flexibility index (Phi) is 3.99. The van der Waals surface area contributed by atoms with Crippen LogP contribution in [-0.4, -0.2) is 17.6 Å². The number of halogens is 1. The number of nitrogens with two attached hydrogens (primary N) is 1. The normalized spacial score (nSPS) is 11.4. The number of benzene rings is 1. The molecule has 0 atom stereocenters. The lowest BCUT2D eigenvalue weighted by molar-refractivity contribution is 0.317. The number of nitrogens with zero attached hydrogens (tertiary/aromatic N) is 1. The van der Waals surface area contributed by atoms with Crippen LogP contribution in [0.2, 0.25) is 0 Å². The Morgan fingerprint density at radius 3 is 2.93 bits per heavy atom. The van der Waals surface area contributed by atoms with E-state index >= 15 is 0 Å². The van der Waals surface area contributed by atoms with Gasteiger partial charge in [-0.3, -0.25) is 0 Å². The van der Waals surface area contributed by atoms with Crippen molar-refractivity contribution in [3.63, 3.8) is 0 Å². The molecule has 1 aromatic rings. The second kappa shape index (κ2) is 5.04. The molecule has 0 aliphatic carbocycles. The fourth-order valence-corrected chi connectivity index (χ4v) is 1.45. The van der Waals surface area contributed by atoms with Crippen LogP contribution in [0.25, 0.3) is 0 Å². The molecule has 0 aromatic heterocycles. The average molecular weight is 305 g/mol. The molecule has 1 aromatic carbocycles. The van der Waals surface area contributed by atoms with Crippen molar-refractivity contribution >= 4 is 34.1 Å². The van der Waals surface area contributed by atoms with Crippen LogP contribution in [0.3, 0.4) is 0 Å². The van der Waals surface area contributed by atoms with E-state index in [1.54, 1.807) is 0 Å². The Balaban J connectivity index is 2.64. The van der Waals surface area contributed by atoms with Crippen molar-refractivity contribution in [3.05, 3.63) is 27.3 Å². The summed E-state index contributed by atoms with van der Waals surface area (Å²) in [5, 5.41) is 14.2. The minimum atomic E-state index is 0.167. The van der Waals surface area contributed by atoms with Gasteiger partial charge in [-0.25, -0.2) is 0 Å². The first-order valence-electron chi connectivity index (χ1n) is 4.10. The van der Waals surface area contributed by atoms with Gasteiger partial charge >= 0.3 is 0 Å². The van der Waals surface area contributed by atoms with Crippen molar-refractivity contribution in [2.75, 3.05) is 11.9 Å². The topological polar surface area (TPSA) is 70.6 Å². The fraction of sp³-hybridized carbons (Fsp3) is 0.222. The molecule has 0 saturated heterocycles. The number of hydrogen-bond acceptors (Lipinski definition) is 3. The van der Waals surface area contributed by atoms with Crippen LogP contribution in [0.1, 0.15) is 5.56 Å². The second-order valence-electron chi connectivity index (χ2n) is 2.91. The SMILES string of the molecule is Cc1ccc(NC/C(N)=N/O)cc1I. The first-order chi connectivity index (χ1) is 6.63. The van der Waals surface area contributed by atoms with E-state index in [0.29, 0.717) is 6.54 Å². The highest BCUT2D eigenvalue weighted by Gasteiger charge is 1.97. The van der Waals surface area contributed by atoms with E-state index in [-0.39, 0.29) is 5.84 Å². The Bertz CT molecular complexity index is 352. The van der Waals surface area contributed by atoms with Gasteiger partial charge in [0.1, 0.15) is 0 Å². The Morgan fingerprint density at radius 2 is 2.36 bits per heavy atom. The molecule has 4 N–H and O–H groups in total. The molecule has 0 radical (unpaired) electrons. The summed E-state index contributed by atoms with van der Waals surface area (Å²) in [6.07, 6.45) is 0. The molecule has 1 rings (SSSR count). The summed E-state index contributed by atoms with van der Waals surface area (Å²) in [5.41, 5.74) is 7.52. The number of nitrogens with one attached hydrogen (secondary N) is 1. The van der Waals surface area contributed by atoms with Gasteiger partial charge in [0.15, 0.2) is 5.84 Å². The smallest absolute Gasteiger partial charge is 0.158 e. The lowest BCUT2D eigenvalue weighted by Crippen LogP contribution is -2.22. The lowest BCUT2D eigenvalue weighted by Gasteiger charge is -2.06. The first-order valence-corrected chi connectivity index (χ1v) is 5.18. The van der Waals surface area contributed by atoms with Gasteiger partial charge in [-0.1, -0.05) is 11.2 Å². The van der Waals surface area contributed by atoms with Gasteiger partial charge in [0, 0.05) is 9.26 Å². The number of oxime groups is 1. The summed E-state index contributed by atoms with van der Waals surface area (Å²) in [4.78, 5) is 0. The fourth-order valence-electron chi connectivity index (χ4n) is 0.931. The maximum atomic E-state index is 8.33. The van der Waals surface area contributed by atoms with E-state index in [2.05, 4.69) is 40.0 Å². The maximum Gasteiger partial charge on any atom is 0.158 e. The van der Waals surface area contributed by atoms with Gasteiger partial charge in [0.05, 0.1) is 6.54 Å². The third-order valence-electron chi connectivity index (χ3n) is 1.77. The van der Waals surface area contributed by atoms with Crippen molar-refractivity contribution in [3.8, 4) is 0 Å². The first kappa shape index (κ1) is 11.1. The largest absolute Gasteiger partial charge is 0.409 e. The number of rotatable bonds is 3. The molecule has 0 heterocycles. The molecule has 14 heavy (non-hydrogen) atoms. The summed E-state index contributed by atoms with van der Waals surface area (Å²) in [5.74, 6) is 0.167. The summed E-state index contributed by atoms with van der Waals surface area (Å²) < 4.78 is 1.19. The van der Waals surface area contributed by atoms with Crippen molar-refractivity contribution in [1.82, 2.24) is 0 Å². The molecule has 4 nitrogen and oxygen atoms in total. The predicted molar refractivity (Wildman–Crippen MR) is 65.8 cm³/mol. The van der Waals surface area contributed by atoms with Crippen LogP contribution in [0.15, 0.2) is 23.4 Å². The van der Waals surface area contributed by atoms with Crippen LogP contribution in [0, 0.1) is 10.5 Å². The predicted octanol–water partition coefficient (Wildman–Crippen LogP) is 1.76. The van der Waals surface area contributed by atoms with E-state index < -0.39 is 0 Å². The second-order valence-corrected chi connectivity index (χ2v) is 4.07. The molecule has 5 heteroatoms. The van der Waals surface area contributed by atoms with Crippen molar-refractivity contribution in [1.29, 1.82) is 0 Å². The van der Waals surface area contributed by atoms with E-state index in [1.807, 2.05) is 18.2 Å². The zero-order chi connectivity index (χ0) is 10.6. The van der Waals surface area contributed by atoms with Crippen molar-refractivity contribution in [2.45, 2.75) is 6.92 Å². The van der Waals surface area contributed by atoms with Gasteiger partial charge in [-0.15, -0.1) is 0 Å². The number of amidine groups is 1. The Hall–Kier alpha value is -0.980. The lowest BCUT2D eigenvalue weighted by atomic mass is 10.2. The molecule has 0 aliphatic heterocycles. The average Bonchev–Trinajstić information content (AvgIpc) is 2.19. The van der Waals surface area contributed by atoms with Gasteiger partial charge in [0.25, 0.3) is 0 Å². The molecule has 0 unspecified atom stereocenters. The molecule has 0 fully saturated rings. The van der Waals surface area contributed by atoms with Gasteiger partial charge < -0.3 is 16.3 Å². The van der Waals surface area contributed by atoms with Gasteiger partial charge in [0.2, 0.25) is 0 Å². The maximum absolute atomic E-state index is 8.33. The minimum Gasteiger partial charge on any atom is -0.409 e. The third-order valence-corrected chi connectivity index (χ3v) is 2.94. The molecule has 0 bridgehead atoms. The standard InChI is InChI=1S/C9H12IN3O/c1-6-2-3-7(4-8(6)10)12-5-9(11)13-14/h2-4,12,14H,5H2,1H3,(H2,11,13). The van der Waals surface area contributed by atoms with Crippen LogP contribution in [-0.2, 0) is 0 Å². The van der Waals surface area contributed by atoms with Crippen LogP contribution < -0.4 is 11.1 Å². The zero-order valence-corrected chi connectivity index (χ0v) is 9.95. The van der Waals surface area contributed by atoms with E-state index in [1.165, 1.54) is 9.13 Å². The van der Waals surface area contributed by atoms with E-state index in [0.717, 1.165) is 5.69 Å². The molecule has 0 spiro atoms. The Morgan fingerprint density at radius 1 is 1.64 bits per heavy atom. The highest BCUT2D eigenvalue weighted by molar-refractivity contribution is 14.1. The molecule has 0 saturated carbocycles. The summed E-state index contributed by atoms with van der Waals surface area (Å²) in [6.45, 7) is 2.39. The molecule has 76 valence electrons. The molecule has 0 amide bonds. The number of aryl methyl sites for hydroxylation is 1. The molecular formula is C9H12IN3O. The van der Waals surface area contributed by atoms with Crippen LogP contribution in [0.5, 0.6) is 0 Å². The minimum absolute atomic E-state index is 0.167. The zero-order valence-electron chi connectivity index (χ0n) is 7.79. The highest BCUT2D eigenvalue weighted by Crippen LogP contribution is 2.16. The van der Waals surface area contributed by atoms with Gasteiger partial charge in [-0.2, -0.15) is 0 Å².